The van der Waals surface area contributed by atoms with Gasteiger partial charge in [-0.3, -0.25) is 0 Å². The van der Waals surface area contributed by atoms with Crippen LogP contribution in [-0.4, -0.2) is 43.3 Å². The van der Waals surface area contributed by atoms with Crippen LogP contribution < -0.4 is 10.2 Å². The molecule has 0 spiro atoms. The molecule has 0 bridgehead atoms. The van der Waals surface area contributed by atoms with E-state index in [0.717, 1.165) is 37.4 Å². The SMILES string of the molecule is CNc1ncc(C)c(N(C)C2CCOCC2)n1. The van der Waals surface area contributed by atoms with Crippen molar-refractivity contribution in [3.05, 3.63) is 11.8 Å². The summed E-state index contributed by atoms with van der Waals surface area (Å²) in [6, 6.07) is 0.516. The number of anilines is 2. The van der Waals surface area contributed by atoms with Gasteiger partial charge in [0, 0.05) is 45.1 Å². The summed E-state index contributed by atoms with van der Waals surface area (Å²) in [5.41, 5.74) is 1.11. The Morgan fingerprint density at radius 3 is 2.76 bits per heavy atom. The van der Waals surface area contributed by atoms with E-state index in [1.807, 2.05) is 20.2 Å². The smallest absolute Gasteiger partial charge is 0.224 e. The highest BCUT2D eigenvalue weighted by Gasteiger charge is 2.21. The van der Waals surface area contributed by atoms with Gasteiger partial charge >= 0.3 is 0 Å². The van der Waals surface area contributed by atoms with E-state index < -0.39 is 0 Å². The van der Waals surface area contributed by atoms with Crippen molar-refractivity contribution in [3.8, 4) is 0 Å². The first-order valence-electron chi connectivity index (χ1n) is 6.04. The zero-order chi connectivity index (χ0) is 12.3. The summed E-state index contributed by atoms with van der Waals surface area (Å²) in [5.74, 6) is 1.68. The van der Waals surface area contributed by atoms with Crippen LogP contribution in [0.1, 0.15) is 18.4 Å². The van der Waals surface area contributed by atoms with E-state index >= 15 is 0 Å². The normalized spacial score (nSPS) is 16.9. The monoisotopic (exact) mass is 236 g/mol. The van der Waals surface area contributed by atoms with Crippen molar-refractivity contribution in [3.63, 3.8) is 0 Å². The summed E-state index contributed by atoms with van der Waals surface area (Å²) in [4.78, 5) is 11.0. The van der Waals surface area contributed by atoms with Gasteiger partial charge in [-0.25, -0.2) is 4.98 Å². The Hall–Kier alpha value is -1.36. The van der Waals surface area contributed by atoms with Gasteiger partial charge in [-0.05, 0) is 19.8 Å². The molecule has 17 heavy (non-hydrogen) atoms. The predicted molar refractivity (Wildman–Crippen MR) is 68.6 cm³/mol. The summed E-state index contributed by atoms with van der Waals surface area (Å²) < 4.78 is 5.39. The third-order valence-electron chi connectivity index (χ3n) is 3.24. The molecule has 0 radical (unpaired) electrons. The van der Waals surface area contributed by atoms with Crippen LogP contribution in [-0.2, 0) is 4.74 Å². The Kier molecular flexibility index (Phi) is 3.78. The first kappa shape index (κ1) is 12.1. The van der Waals surface area contributed by atoms with Crippen LogP contribution in [0, 0.1) is 6.92 Å². The lowest BCUT2D eigenvalue weighted by Crippen LogP contribution is -2.37. The highest BCUT2D eigenvalue weighted by atomic mass is 16.5. The van der Waals surface area contributed by atoms with Gasteiger partial charge in [0.25, 0.3) is 0 Å². The molecule has 2 rings (SSSR count). The van der Waals surface area contributed by atoms with Crippen molar-refractivity contribution >= 4 is 11.8 Å². The van der Waals surface area contributed by atoms with Crippen LogP contribution in [0.2, 0.25) is 0 Å². The number of rotatable bonds is 3. The minimum absolute atomic E-state index is 0.516. The van der Waals surface area contributed by atoms with Crippen molar-refractivity contribution in [2.45, 2.75) is 25.8 Å². The van der Waals surface area contributed by atoms with Crippen LogP contribution in [0.4, 0.5) is 11.8 Å². The van der Waals surface area contributed by atoms with Gasteiger partial charge in [0.15, 0.2) is 0 Å². The summed E-state index contributed by atoms with van der Waals surface area (Å²) in [6.45, 7) is 3.74. The van der Waals surface area contributed by atoms with Gasteiger partial charge in [-0.15, -0.1) is 0 Å². The molecule has 0 aliphatic carbocycles. The molecular formula is C12H20N4O. The quantitative estimate of drug-likeness (QED) is 0.860. The summed E-state index contributed by atoms with van der Waals surface area (Å²) in [7, 11) is 3.94. The second-order valence-corrected chi connectivity index (χ2v) is 4.40. The molecule has 1 fully saturated rings. The average molecular weight is 236 g/mol. The Morgan fingerprint density at radius 2 is 2.12 bits per heavy atom. The standard InChI is InChI=1S/C12H20N4O/c1-9-8-14-12(13-2)15-11(9)16(3)10-4-6-17-7-5-10/h8,10H,4-7H2,1-3H3,(H,13,14,15). The lowest BCUT2D eigenvalue weighted by molar-refractivity contribution is 0.0853. The van der Waals surface area contributed by atoms with Gasteiger partial charge in [0.2, 0.25) is 5.95 Å². The summed E-state index contributed by atoms with van der Waals surface area (Å²) in [6.07, 6.45) is 3.99. The van der Waals surface area contributed by atoms with E-state index in [9.17, 15) is 0 Å². The summed E-state index contributed by atoms with van der Waals surface area (Å²) in [5, 5.41) is 2.98. The van der Waals surface area contributed by atoms with Crippen molar-refractivity contribution in [2.24, 2.45) is 0 Å². The fourth-order valence-corrected chi connectivity index (χ4v) is 2.16. The third-order valence-corrected chi connectivity index (χ3v) is 3.24. The first-order valence-corrected chi connectivity index (χ1v) is 6.04. The molecule has 0 amide bonds. The van der Waals surface area contributed by atoms with Crippen molar-refractivity contribution in [1.29, 1.82) is 0 Å². The molecule has 2 heterocycles. The molecule has 5 nitrogen and oxygen atoms in total. The maximum Gasteiger partial charge on any atom is 0.224 e. The zero-order valence-electron chi connectivity index (χ0n) is 10.7. The molecule has 0 atom stereocenters. The molecular weight excluding hydrogens is 216 g/mol. The number of hydrogen-bond acceptors (Lipinski definition) is 5. The van der Waals surface area contributed by atoms with Crippen LogP contribution in [0.25, 0.3) is 0 Å². The van der Waals surface area contributed by atoms with E-state index in [1.165, 1.54) is 0 Å². The molecule has 1 aromatic heterocycles. The van der Waals surface area contributed by atoms with Crippen LogP contribution >= 0.6 is 0 Å². The molecule has 1 N–H and O–H groups in total. The molecule has 1 aliphatic heterocycles. The second-order valence-electron chi connectivity index (χ2n) is 4.40. The fraction of sp³-hybridized carbons (Fsp3) is 0.667. The number of nitrogens with zero attached hydrogens (tertiary/aromatic N) is 3. The van der Waals surface area contributed by atoms with Gasteiger partial charge in [0.1, 0.15) is 5.82 Å². The highest BCUT2D eigenvalue weighted by Crippen LogP contribution is 2.22. The Labute approximate surface area is 102 Å². The molecule has 1 saturated heterocycles. The van der Waals surface area contributed by atoms with Gasteiger partial charge in [-0.1, -0.05) is 0 Å². The first-order chi connectivity index (χ1) is 8.22. The molecule has 0 saturated carbocycles. The van der Waals surface area contributed by atoms with Crippen LogP contribution in [0.3, 0.4) is 0 Å². The van der Waals surface area contributed by atoms with E-state index in [1.54, 1.807) is 0 Å². The van der Waals surface area contributed by atoms with Crippen LogP contribution in [0.15, 0.2) is 6.20 Å². The lowest BCUT2D eigenvalue weighted by atomic mass is 10.1. The third kappa shape index (κ3) is 2.66. The Balaban J connectivity index is 2.19. The van der Waals surface area contributed by atoms with Crippen molar-refractivity contribution in [2.75, 3.05) is 37.5 Å². The predicted octanol–water partition coefficient (Wildman–Crippen LogP) is 1.44. The number of aryl methyl sites for hydroxylation is 1. The highest BCUT2D eigenvalue weighted by molar-refractivity contribution is 5.49. The maximum absolute atomic E-state index is 5.39. The second kappa shape index (κ2) is 5.31. The Morgan fingerprint density at radius 1 is 1.41 bits per heavy atom. The molecule has 1 aliphatic rings. The van der Waals surface area contributed by atoms with Gasteiger partial charge in [-0.2, -0.15) is 4.98 Å². The van der Waals surface area contributed by atoms with Crippen molar-refractivity contribution in [1.82, 2.24) is 9.97 Å². The van der Waals surface area contributed by atoms with Gasteiger partial charge in [0.05, 0.1) is 0 Å². The number of nitrogens with one attached hydrogen (secondary N) is 1. The molecule has 0 aromatic carbocycles. The number of aromatic nitrogens is 2. The fourth-order valence-electron chi connectivity index (χ4n) is 2.16. The number of hydrogen-bond donors (Lipinski definition) is 1. The molecule has 5 heteroatoms. The largest absolute Gasteiger partial charge is 0.381 e. The summed E-state index contributed by atoms with van der Waals surface area (Å²) >= 11 is 0. The van der Waals surface area contributed by atoms with Crippen molar-refractivity contribution < 1.29 is 4.74 Å². The average Bonchev–Trinajstić information content (AvgIpc) is 2.39. The maximum atomic E-state index is 5.39. The molecule has 0 unspecified atom stereocenters. The minimum Gasteiger partial charge on any atom is -0.381 e. The zero-order valence-corrected chi connectivity index (χ0v) is 10.7. The topological polar surface area (TPSA) is 50.3 Å². The van der Waals surface area contributed by atoms with E-state index in [4.69, 9.17) is 4.74 Å². The number of ether oxygens (including phenoxy) is 1. The molecule has 1 aromatic rings. The van der Waals surface area contributed by atoms with E-state index in [0.29, 0.717) is 12.0 Å². The molecule has 94 valence electrons. The van der Waals surface area contributed by atoms with Gasteiger partial charge < -0.3 is 15.0 Å². The van der Waals surface area contributed by atoms with Crippen LogP contribution in [0.5, 0.6) is 0 Å². The van der Waals surface area contributed by atoms with E-state index in [-0.39, 0.29) is 0 Å². The Bertz CT molecular complexity index is 377. The van der Waals surface area contributed by atoms with E-state index in [2.05, 4.69) is 27.2 Å². The minimum atomic E-state index is 0.516. The lowest BCUT2D eigenvalue weighted by Gasteiger charge is -2.32.